The molecule has 0 radical (unpaired) electrons. The van der Waals surface area contributed by atoms with Gasteiger partial charge in [0.25, 0.3) is 0 Å². The highest BCUT2D eigenvalue weighted by atomic mass is 35.5. The summed E-state index contributed by atoms with van der Waals surface area (Å²) in [5.74, 6) is -0.247. The van der Waals surface area contributed by atoms with E-state index in [2.05, 4.69) is 10.1 Å². The molecular formula is C12H16ClNO2. The molecule has 0 saturated heterocycles. The van der Waals surface area contributed by atoms with Crippen molar-refractivity contribution in [3.8, 4) is 0 Å². The van der Waals surface area contributed by atoms with Crippen molar-refractivity contribution in [2.24, 2.45) is 0 Å². The predicted octanol–water partition coefficient (Wildman–Crippen LogP) is 2.03. The van der Waals surface area contributed by atoms with E-state index < -0.39 is 0 Å². The van der Waals surface area contributed by atoms with Gasteiger partial charge in [-0.25, -0.2) is 0 Å². The molecule has 0 aliphatic carbocycles. The molecule has 4 heteroatoms. The Hall–Kier alpha value is -1.06. The zero-order chi connectivity index (χ0) is 12.0. The van der Waals surface area contributed by atoms with Crippen molar-refractivity contribution < 1.29 is 9.53 Å². The average Bonchev–Trinajstić information content (AvgIpc) is 2.29. The summed E-state index contributed by atoms with van der Waals surface area (Å²) in [6, 6.07) is 7.92. The molecule has 0 aromatic heterocycles. The molecule has 0 aliphatic heterocycles. The molecule has 0 amide bonds. The molecule has 1 unspecified atom stereocenters. The zero-order valence-electron chi connectivity index (χ0n) is 9.50. The number of nitrogens with one attached hydrogen (secondary N) is 1. The quantitative estimate of drug-likeness (QED) is 0.802. The Bertz CT molecular complexity index is 337. The molecule has 88 valence electrons. The number of rotatable bonds is 5. The largest absolute Gasteiger partial charge is 0.468 e. The fraction of sp³-hybridized carbons (Fsp3) is 0.417. The van der Waals surface area contributed by atoms with Crippen LogP contribution in [0.3, 0.4) is 0 Å². The second-order valence-corrected chi connectivity index (χ2v) is 4.13. The highest BCUT2D eigenvalue weighted by Gasteiger charge is 2.06. The van der Waals surface area contributed by atoms with E-state index in [1.54, 1.807) is 0 Å². The highest BCUT2D eigenvalue weighted by molar-refractivity contribution is 6.30. The Kier molecular flexibility index (Phi) is 5.29. The molecule has 1 aromatic rings. The van der Waals surface area contributed by atoms with Crippen LogP contribution in [0.4, 0.5) is 0 Å². The van der Waals surface area contributed by atoms with Crippen LogP contribution in [0.15, 0.2) is 24.3 Å². The molecule has 1 N–H and O–H groups in total. The van der Waals surface area contributed by atoms with Gasteiger partial charge in [0.05, 0.1) is 13.7 Å². The zero-order valence-corrected chi connectivity index (χ0v) is 10.3. The van der Waals surface area contributed by atoms with Gasteiger partial charge in [0.1, 0.15) is 0 Å². The van der Waals surface area contributed by atoms with E-state index in [4.69, 9.17) is 11.6 Å². The second-order valence-electron chi connectivity index (χ2n) is 3.69. The van der Waals surface area contributed by atoms with Crippen molar-refractivity contribution >= 4 is 17.6 Å². The van der Waals surface area contributed by atoms with Crippen LogP contribution < -0.4 is 5.32 Å². The van der Waals surface area contributed by atoms with Crippen LogP contribution in [0.1, 0.15) is 12.5 Å². The molecule has 1 atom stereocenters. The number of hydrogen-bond acceptors (Lipinski definition) is 3. The first-order valence-electron chi connectivity index (χ1n) is 5.16. The number of esters is 1. The van der Waals surface area contributed by atoms with Gasteiger partial charge in [-0.15, -0.1) is 0 Å². The summed E-state index contributed by atoms with van der Waals surface area (Å²) in [6.07, 6.45) is 0.855. The highest BCUT2D eigenvalue weighted by Crippen LogP contribution is 2.10. The number of benzene rings is 1. The van der Waals surface area contributed by atoms with Crippen molar-refractivity contribution in [2.45, 2.75) is 19.4 Å². The Balaban J connectivity index is 2.36. The number of carbonyl (C=O) groups is 1. The lowest BCUT2D eigenvalue weighted by molar-refractivity contribution is -0.139. The van der Waals surface area contributed by atoms with E-state index in [0.717, 1.165) is 11.4 Å². The molecule has 0 aliphatic rings. The van der Waals surface area contributed by atoms with Gasteiger partial charge in [0.2, 0.25) is 0 Å². The number of carbonyl (C=O) groups excluding carboxylic acids is 1. The van der Waals surface area contributed by atoms with Crippen molar-refractivity contribution in [2.75, 3.05) is 13.7 Å². The molecule has 3 nitrogen and oxygen atoms in total. The fourth-order valence-electron chi connectivity index (χ4n) is 1.38. The van der Waals surface area contributed by atoms with Crippen molar-refractivity contribution in [1.82, 2.24) is 5.32 Å². The molecule has 0 spiro atoms. The van der Waals surface area contributed by atoms with E-state index in [1.807, 2.05) is 31.2 Å². The predicted molar refractivity (Wildman–Crippen MR) is 64.6 cm³/mol. The topological polar surface area (TPSA) is 38.3 Å². The number of methoxy groups -OCH3 is 1. The number of halogens is 1. The maximum absolute atomic E-state index is 10.9. The van der Waals surface area contributed by atoms with E-state index in [1.165, 1.54) is 12.7 Å². The van der Waals surface area contributed by atoms with E-state index in [0.29, 0.717) is 0 Å². The Morgan fingerprint density at radius 1 is 1.44 bits per heavy atom. The SMILES string of the molecule is COC(=O)CNC(C)Cc1ccc(Cl)cc1. The van der Waals surface area contributed by atoms with Crippen molar-refractivity contribution in [3.05, 3.63) is 34.9 Å². The van der Waals surface area contributed by atoms with Gasteiger partial charge in [0, 0.05) is 11.1 Å². The summed E-state index contributed by atoms with van der Waals surface area (Å²) < 4.78 is 4.55. The lowest BCUT2D eigenvalue weighted by atomic mass is 10.1. The second kappa shape index (κ2) is 6.51. The fourth-order valence-corrected chi connectivity index (χ4v) is 1.50. The molecule has 0 saturated carbocycles. The molecule has 0 heterocycles. The molecule has 0 bridgehead atoms. The minimum Gasteiger partial charge on any atom is -0.468 e. The van der Waals surface area contributed by atoms with Crippen LogP contribution in [0.25, 0.3) is 0 Å². The summed E-state index contributed by atoms with van der Waals surface area (Å²) in [6.45, 7) is 2.27. The third kappa shape index (κ3) is 4.64. The Labute approximate surface area is 101 Å². The Morgan fingerprint density at radius 2 is 2.06 bits per heavy atom. The minimum absolute atomic E-state index is 0.222. The maximum atomic E-state index is 10.9. The number of ether oxygens (including phenoxy) is 1. The molecule has 1 aromatic carbocycles. The van der Waals surface area contributed by atoms with Crippen LogP contribution >= 0.6 is 11.6 Å². The lowest BCUT2D eigenvalue weighted by Gasteiger charge is -2.12. The molecule has 16 heavy (non-hydrogen) atoms. The lowest BCUT2D eigenvalue weighted by Crippen LogP contribution is -2.33. The standard InChI is InChI=1S/C12H16ClNO2/c1-9(14-8-12(15)16-2)7-10-3-5-11(13)6-4-10/h3-6,9,14H,7-8H2,1-2H3. The van der Waals surface area contributed by atoms with Crippen LogP contribution in [-0.4, -0.2) is 25.7 Å². The monoisotopic (exact) mass is 241 g/mol. The van der Waals surface area contributed by atoms with Crippen LogP contribution in [-0.2, 0) is 16.0 Å². The van der Waals surface area contributed by atoms with Crippen LogP contribution in [0, 0.1) is 0 Å². The van der Waals surface area contributed by atoms with Crippen LogP contribution in [0.2, 0.25) is 5.02 Å². The smallest absolute Gasteiger partial charge is 0.319 e. The summed E-state index contributed by atoms with van der Waals surface area (Å²) in [5.41, 5.74) is 1.19. The van der Waals surface area contributed by atoms with E-state index >= 15 is 0 Å². The van der Waals surface area contributed by atoms with E-state index in [-0.39, 0.29) is 18.6 Å². The summed E-state index contributed by atoms with van der Waals surface area (Å²) in [5, 5.41) is 3.82. The van der Waals surface area contributed by atoms with Crippen molar-refractivity contribution in [3.63, 3.8) is 0 Å². The normalized spacial score (nSPS) is 12.2. The van der Waals surface area contributed by atoms with Crippen molar-refractivity contribution in [1.29, 1.82) is 0 Å². The van der Waals surface area contributed by atoms with E-state index in [9.17, 15) is 4.79 Å². The summed E-state index contributed by atoms with van der Waals surface area (Å²) >= 11 is 5.79. The van der Waals surface area contributed by atoms with Gasteiger partial charge in [-0.2, -0.15) is 0 Å². The van der Waals surface area contributed by atoms with Gasteiger partial charge < -0.3 is 10.1 Å². The maximum Gasteiger partial charge on any atom is 0.319 e. The minimum atomic E-state index is -0.247. The molecular weight excluding hydrogens is 226 g/mol. The first-order valence-corrected chi connectivity index (χ1v) is 5.54. The van der Waals surface area contributed by atoms with Gasteiger partial charge in [0.15, 0.2) is 0 Å². The number of hydrogen-bond donors (Lipinski definition) is 1. The molecule has 1 rings (SSSR count). The van der Waals surface area contributed by atoms with Gasteiger partial charge in [-0.1, -0.05) is 23.7 Å². The third-order valence-corrected chi connectivity index (χ3v) is 2.53. The van der Waals surface area contributed by atoms with Gasteiger partial charge in [-0.05, 0) is 31.0 Å². The van der Waals surface area contributed by atoms with Gasteiger partial charge in [-0.3, -0.25) is 4.79 Å². The van der Waals surface area contributed by atoms with Crippen LogP contribution in [0.5, 0.6) is 0 Å². The third-order valence-electron chi connectivity index (χ3n) is 2.28. The molecule has 0 fully saturated rings. The summed E-state index contributed by atoms with van der Waals surface area (Å²) in [4.78, 5) is 10.9. The Morgan fingerprint density at radius 3 is 2.62 bits per heavy atom. The van der Waals surface area contributed by atoms with Gasteiger partial charge >= 0.3 is 5.97 Å². The summed E-state index contributed by atoms with van der Waals surface area (Å²) in [7, 11) is 1.38. The first-order chi connectivity index (χ1) is 7.61. The average molecular weight is 242 g/mol. The first kappa shape index (κ1) is 13.0.